The van der Waals surface area contributed by atoms with Gasteiger partial charge < -0.3 is 16.8 Å². The van der Waals surface area contributed by atoms with Crippen LogP contribution in [0.4, 0.5) is 13.2 Å². The smallest absolute Gasteiger partial charge is 0.370 e. The molecule has 0 aliphatic carbocycles. The summed E-state index contributed by atoms with van der Waals surface area (Å²) in [5.74, 6) is -1.04. The molecule has 0 saturated heterocycles. The number of hydrogen-bond acceptors (Lipinski definition) is 6. The standard InChI is InChI=1S/C25H28F3N7O4S/c1-16-5-7-17(8-6-16)21-14-22(25(26,27)28)33-35(21)18-9-11-19(12-10-18)40(38,39)34-23(37)20(32-15-36)4-2-3-13-31-24(29)30/h5-12,14-15,20H,2-4,13H2,1H3,(H,32,36)(H,34,37)(H4,29,30,31). The van der Waals surface area contributed by atoms with Gasteiger partial charge in [-0.2, -0.15) is 18.3 Å². The maximum Gasteiger partial charge on any atom is 0.435 e. The number of nitrogens with zero attached hydrogens (tertiary/aromatic N) is 3. The number of aliphatic imine (C=N–C) groups is 1. The summed E-state index contributed by atoms with van der Waals surface area (Å²) in [4.78, 5) is 27.0. The number of carbonyl (C=O) groups excluding carboxylic acids is 2. The molecule has 3 aromatic rings. The van der Waals surface area contributed by atoms with Crippen LogP contribution in [0.15, 0.2) is 64.5 Å². The van der Waals surface area contributed by atoms with Gasteiger partial charge in [-0.05, 0) is 56.5 Å². The Morgan fingerprint density at radius 1 is 1.10 bits per heavy atom. The minimum Gasteiger partial charge on any atom is -0.370 e. The first kappa shape index (κ1) is 30.1. The summed E-state index contributed by atoms with van der Waals surface area (Å²) in [7, 11) is -4.37. The average Bonchev–Trinajstić information content (AvgIpc) is 3.34. The van der Waals surface area contributed by atoms with E-state index in [-0.39, 0.29) is 35.1 Å². The van der Waals surface area contributed by atoms with E-state index in [4.69, 9.17) is 11.5 Å². The number of amides is 2. The molecule has 0 bridgehead atoms. The number of halogens is 3. The van der Waals surface area contributed by atoms with Crippen molar-refractivity contribution >= 4 is 28.3 Å². The van der Waals surface area contributed by atoms with E-state index in [9.17, 15) is 31.2 Å². The van der Waals surface area contributed by atoms with Crippen molar-refractivity contribution in [3.63, 3.8) is 0 Å². The topological polar surface area (TPSA) is 175 Å². The number of aromatic nitrogens is 2. The lowest BCUT2D eigenvalue weighted by Crippen LogP contribution is -2.45. The van der Waals surface area contributed by atoms with E-state index in [0.717, 1.165) is 28.4 Å². The highest BCUT2D eigenvalue weighted by atomic mass is 32.2. The Kier molecular flexibility index (Phi) is 9.52. The molecule has 1 atom stereocenters. The molecule has 214 valence electrons. The molecule has 0 saturated carbocycles. The summed E-state index contributed by atoms with van der Waals surface area (Å²) in [6.45, 7) is 2.14. The number of nitrogens with two attached hydrogens (primary N) is 2. The number of hydrogen-bond donors (Lipinski definition) is 4. The van der Waals surface area contributed by atoms with Crippen molar-refractivity contribution in [2.45, 2.75) is 43.3 Å². The monoisotopic (exact) mass is 579 g/mol. The Bertz CT molecular complexity index is 1470. The molecule has 40 heavy (non-hydrogen) atoms. The maximum absolute atomic E-state index is 13.4. The van der Waals surface area contributed by atoms with Gasteiger partial charge in [-0.25, -0.2) is 17.8 Å². The second kappa shape index (κ2) is 12.6. The van der Waals surface area contributed by atoms with Crippen molar-refractivity contribution in [2.75, 3.05) is 6.54 Å². The fraction of sp³-hybridized carbons (Fsp3) is 0.280. The molecule has 1 unspecified atom stereocenters. The number of guanidine groups is 1. The lowest BCUT2D eigenvalue weighted by Gasteiger charge is -2.16. The number of sulfonamides is 1. The molecule has 0 fully saturated rings. The van der Waals surface area contributed by atoms with Crippen LogP contribution in [0.5, 0.6) is 0 Å². The number of benzene rings is 2. The van der Waals surface area contributed by atoms with Crippen LogP contribution in [-0.4, -0.2) is 49.1 Å². The van der Waals surface area contributed by atoms with E-state index in [0.29, 0.717) is 24.9 Å². The van der Waals surface area contributed by atoms with E-state index in [1.54, 1.807) is 24.3 Å². The number of carbonyl (C=O) groups is 2. The van der Waals surface area contributed by atoms with Gasteiger partial charge in [-0.3, -0.25) is 14.6 Å². The van der Waals surface area contributed by atoms with Crippen molar-refractivity contribution in [3.05, 3.63) is 65.9 Å². The van der Waals surface area contributed by atoms with Crippen LogP contribution in [0.2, 0.25) is 0 Å². The predicted octanol–water partition coefficient (Wildman–Crippen LogP) is 2.23. The van der Waals surface area contributed by atoms with Gasteiger partial charge in [-0.15, -0.1) is 0 Å². The molecule has 0 aliphatic rings. The molecule has 11 nitrogen and oxygen atoms in total. The van der Waals surface area contributed by atoms with Crippen molar-refractivity contribution in [1.29, 1.82) is 0 Å². The third-order valence-electron chi connectivity index (χ3n) is 5.75. The third-order valence-corrected chi connectivity index (χ3v) is 7.12. The van der Waals surface area contributed by atoms with Crippen LogP contribution in [0, 0.1) is 6.92 Å². The highest BCUT2D eigenvalue weighted by Gasteiger charge is 2.35. The molecule has 3 rings (SSSR count). The normalized spacial score (nSPS) is 12.4. The molecule has 1 aromatic heterocycles. The van der Waals surface area contributed by atoms with Crippen LogP contribution >= 0.6 is 0 Å². The van der Waals surface area contributed by atoms with Crippen LogP contribution in [0.1, 0.15) is 30.5 Å². The quantitative estimate of drug-likeness (QED) is 0.110. The summed E-state index contributed by atoms with van der Waals surface area (Å²) >= 11 is 0. The molecular formula is C25H28F3N7O4S. The summed E-state index contributed by atoms with van der Waals surface area (Å²) in [6, 6.07) is 11.4. The Balaban J connectivity index is 1.81. The SMILES string of the molecule is Cc1ccc(-c2cc(C(F)(F)F)nn2-c2ccc(S(=O)(=O)NC(=O)C(CCCCN=C(N)N)NC=O)cc2)cc1. The van der Waals surface area contributed by atoms with E-state index >= 15 is 0 Å². The maximum atomic E-state index is 13.4. The Hall–Kier alpha value is -4.40. The van der Waals surface area contributed by atoms with Crippen LogP contribution in [0.25, 0.3) is 16.9 Å². The van der Waals surface area contributed by atoms with Gasteiger partial charge in [0.25, 0.3) is 15.9 Å². The van der Waals surface area contributed by atoms with Gasteiger partial charge >= 0.3 is 6.18 Å². The summed E-state index contributed by atoms with van der Waals surface area (Å²) < 4.78 is 69.0. The molecular weight excluding hydrogens is 551 g/mol. The van der Waals surface area contributed by atoms with E-state index in [1.165, 1.54) is 12.1 Å². The van der Waals surface area contributed by atoms with Crippen molar-refractivity contribution < 1.29 is 31.2 Å². The Morgan fingerprint density at radius 3 is 2.33 bits per heavy atom. The van der Waals surface area contributed by atoms with Gasteiger partial charge in [0, 0.05) is 12.1 Å². The lowest BCUT2D eigenvalue weighted by molar-refractivity contribution is -0.141. The van der Waals surface area contributed by atoms with E-state index in [1.807, 2.05) is 11.6 Å². The summed E-state index contributed by atoms with van der Waals surface area (Å²) in [5.41, 5.74) is 11.1. The van der Waals surface area contributed by atoms with E-state index < -0.39 is 33.8 Å². The Labute approximate surface area is 228 Å². The summed E-state index contributed by atoms with van der Waals surface area (Å²) in [6.07, 6.45) is -3.38. The number of rotatable bonds is 12. The first-order chi connectivity index (χ1) is 18.8. The minimum atomic E-state index is -4.70. The van der Waals surface area contributed by atoms with Crippen LogP contribution in [0.3, 0.4) is 0 Å². The van der Waals surface area contributed by atoms with Gasteiger partial charge in [0.05, 0.1) is 16.3 Å². The van der Waals surface area contributed by atoms with Crippen LogP contribution < -0.4 is 21.5 Å². The number of alkyl halides is 3. The lowest BCUT2D eigenvalue weighted by atomic mass is 10.1. The molecule has 2 amide bonds. The largest absolute Gasteiger partial charge is 0.435 e. The number of nitrogens with one attached hydrogen (secondary N) is 2. The van der Waals surface area contributed by atoms with E-state index in [2.05, 4.69) is 15.4 Å². The minimum absolute atomic E-state index is 0.0860. The highest BCUT2D eigenvalue weighted by molar-refractivity contribution is 7.90. The van der Waals surface area contributed by atoms with Gasteiger partial charge in [0.15, 0.2) is 11.7 Å². The average molecular weight is 580 g/mol. The first-order valence-electron chi connectivity index (χ1n) is 12.0. The number of aryl methyl sites for hydroxylation is 1. The molecule has 1 heterocycles. The third kappa shape index (κ3) is 7.81. The summed E-state index contributed by atoms with van der Waals surface area (Å²) in [5, 5.41) is 5.98. The fourth-order valence-corrected chi connectivity index (χ4v) is 4.74. The number of unbranched alkanes of at least 4 members (excludes halogenated alkanes) is 1. The predicted molar refractivity (Wildman–Crippen MR) is 142 cm³/mol. The van der Waals surface area contributed by atoms with Crippen LogP contribution in [-0.2, 0) is 25.8 Å². The molecule has 2 aromatic carbocycles. The van der Waals surface area contributed by atoms with Gasteiger partial charge in [0.2, 0.25) is 6.41 Å². The molecule has 6 N–H and O–H groups in total. The second-order valence-corrected chi connectivity index (χ2v) is 10.5. The molecule has 15 heteroatoms. The Morgan fingerprint density at radius 2 is 1.75 bits per heavy atom. The zero-order chi connectivity index (χ0) is 29.5. The molecule has 0 spiro atoms. The fourth-order valence-electron chi connectivity index (χ4n) is 3.72. The zero-order valence-corrected chi connectivity index (χ0v) is 22.2. The van der Waals surface area contributed by atoms with Gasteiger partial charge in [-0.1, -0.05) is 29.8 Å². The first-order valence-corrected chi connectivity index (χ1v) is 13.5. The van der Waals surface area contributed by atoms with Crippen molar-refractivity contribution in [3.8, 4) is 16.9 Å². The second-order valence-electron chi connectivity index (χ2n) is 8.79. The van der Waals surface area contributed by atoms with Crippen molar-refractivity contribution in [2.24, 2.45) is 16.5 Å². The van der Waals surface area contributed by atoms with Gasteiger partial charge in [0.1, 0.15) is 6.04 Å². The molecule has 0 aliphatic heterocycles. The molecule has 0 radical (unpaired) electrons. The van der Waals surface area contributed by atoms with Crippen molar-refractivity contribution in [1.82, 2.24) is 19.8 Å². The zero-order valence-electron chi connectivity index (χ0n) is 21.4. The highest BCUT2D eigenvalue weighted by Crippen LogP contribution is 2.33.